The van der Waals surface area contributed by atoms with E-state index in [1.54, 1.807) is 47.5 Å². The molecule has 0 atom stereocenters. The summed E-state index contributed by atoms with van der Waals surface area (Å²) in [6.45, 7) is 2.11. The third-order valence-corrected chi connectivity index (χ3v) is 5.81. The van der Waals surface area contributed by atoms with Gasteiger partial charge in [-0.1, -0.05) is 41.4 Å². The first kappa shape index (κ1) is 21.9. The topological polar surface area (TPSA) is 103 Å². The van der Waals surface area contributed by atoms with Gasteiger partial charge in [0.05, 0.1) is 32.5 Å². The number of amides is 3. The van der Waals surface area contributed by atoms with E-state index in [2.05, 4.69) is 10.3 Å². The van der Waals surface area contributed by atoms with Crippen LogP contribution in [0.25, 0.3) is 10.9 Å². The number of urea groups is 1. The lowest BCUT2D eigenvalue weighted by atomic mass is 10.1. The Morgan fingerprint density at radius 2 is 1.81 bits per heavy atom. The number of hydrogen-bond acceptors (Lipinski definition) is 4. The number of pyridine rings is 1. The third kappa shape index (κ3) is 3.94. The molecule has 1 saturated heterocycles. The van der Waals surface area contributed by atoms with E-state index in [0.717, 1.165) is 5.56 Å². The average molecular weight is 473 g/mol. The number of carboxylic acid groups (broad SMARTS) is 1. The molecule has 2 heterocycles. The number of anilines is 2. The summed E-state index contributed by atoms with van der Waals surface area (Å²) in [5.41, 5.74) is 2.44. The molecule has 1 fully saturated rings. The maximum atomic E-state index is 12.9. The number of nitrogens with one attached hydrogen (secondary N) is 1. The summed E-state index contributed by atoms with van der Waals surface area (Å²) in [5.74, 6) is -1.55. The van der Waals surface area contributed by atoms with Crippen molar-refractivity contribution in [3.63, 3.8) is 0 Å². The lowest BCUT2D eigenvalue weighted by Crippen LogP contribution is -2.35. The third-order valence-electron chi connectivity index (χ3n) is 5.18. The number of carbonyl (C=O) groups excluding carboxylic acids is 2. The highest BCUT2D eigenvalue weighted by Crippen LogP contribution is 2.35. The average Bonchev–Trinajstić information content (AvgIpc) is 3.07. The number of carbonyl (C=O) groups is 3. The second kappa shape index (κ2) is 8.64. The number of para-hydroxylation sites is 1. The van der Waals surface area contributed by atoms with E-state index in [9.17, 15) is 14.4 Å². The van der Waals surface area contributed by atoms with Crippen LogP contribution < -0.4 is 10.2 Å². The largest absolute Gasteiger partial charge is 0.480 e. The monoisotopic (exact) mass is 472 g/mol. The number of rotatable bonds is 5. The zero-order valence-corrected chi connectivity index (χ0v) is 18.4. The molecule has 3 aromatic rings. The van der Waals surface area contributed by atoms with Crippen molar-refractivity contribution in [3.05, 3.63) is 63.8 Å². The number of halogens is 2. The Hall–Kier alpha value is -3.36. The van der Waals surface area contributed by atoms with Crippen LogP contribution in [-0.4, -0.2) is 52.5 Å². The van der Waals surface area contributed by atoms with Gasteiger partial charge in [-0.05, 0) is 30.7 Å². The Morgan fingerprint density at radius 3 is 2.50 bits per heavy atom. The zero-order valence-electron chi connectivity index (χ0n) is 16.9. The van der Waals surface area contributed by atoms with Crippen molar-refractivity contribution in [2.45, 2.75) is 6.92 Å². The van der Waals surface area contributed by atoms with Crippen LogP contribution in [0, 0.1) is 6.92 Å². The molecule has 0 bridgehead atoms. The summed E-state index contributed by atoms with van der Waals surface area (Å²) >= 11 is 12.3. The Balaban J connectivity index is 1.73. The van der Waals surface area contributed by atoms with E-state index in [-0.39, 0.29) is 28.2 Å². The van der Waals surface area contributed by atoms with Gasteiger partial charge in [0, 0.05) is 24.7 Å². The summed E-state index contributed by atoms with van der Waals surface area (Å²) in [6, 6.07) is 9.65. The summed E-state index contributed by atoms with van der Waals surface area (Å²) in [7, 11) is 0. The minimum atomic E-state index is -1.07. The van der Waals surface area contributed by atoms with Gasteiger partial charge in [0.25, 0.3) is 5.91 Å². The van der Waals surface area contributed by atoms with Gasteiger partial charge in [-0.2, -0.15) is 0 Å². The normalized spacial score (nSPS) is 13.7. The molecule has 2 N–H and O–H groups in total. The van der Waals surface area contributed by atoms with Crippen molar-refractivity contribution in [1.82, 2.24) is 9.88 Å². The Bertz CT molecular complexity index is 1240. The van der Waals surface area contributed by atoms with Gasteiger partial charge in [0.2, 0.25) is 0 Å². The van der Waals surface area contributed by atoms with Gasteiger partial charge in [0.15, 0.2) is 0 Å². The molecule has 10 heteroatoms. The fourth-order valence-electron chi connectivity index (χ4n) is 3.77. The molecule has 4 rings (SSSR count). The second-order valence-corrected chi connectivity index (χ2v) is 8.11. The van der Waals surface area contributed by atoms with Gasteiger partial charge in [0.1, 0.15) is 6.54 Å². The molecule has 164 valence electrons. The van der Waals surface area contributed by atoms with E-state index >= 15 is 0 Å². The minimum Gasteiger partial charge on any atom is -0.480 e. The molecule has 0 saturated carbocycles. The van der Waals surface area contributed by atoms with E-state index in [1.807, 2.05) is 6.92 Å². The van der Waals surface area contributed by atoms with E-state index in [0.29, 0.717) is 35.4 Å². The number of fused-ring (bicyclic) bond motifs is 1. The SMILES string of the molecule is Cc1cnc2c(NC(=O)c3c(Cl)cccc3Cl)cccc2c1N1CCN(CC(=O)O)C1=O. The Morgan fingerprint density at radius 1 is 1.12 bits per heavy atom. The molecule has 0 unspecified atom stereocenters. The number of benzene rings is 2. The number of aryl methyl sites for hydroxylation is 1. The van der Waals surface area contributed by atoms with Crippen LogP contribution in [0.2, 0.25) is 10.0 Å². The number of nitrogens with zero attached hydrogens (tertiary/aromatic N) is 3. The van der Waals surface area contributed by atoms with Crippen molar-refractivity contribution in [2.75, 3.05) is 29.9 Å². The number of aliphatic carboxylic acids is 1. The second-order valence-electron chi connectivity index (χ2n) is 7.29. The Labute approximate surface area is 193 Å². The zero-order chi connectivity index (χ0) is 23.0. The predicted octanol–water partition coefficient (Wildman–Crippen LogP) is 4.43. The first-order chi connectivity index (χ1) is 15.3. The van der Waals surface area contributed by atoms with Crippen molar-refractivity contribution in [3.8, 4) is 0 Å². The lowest BCUT2D eigenvalue weighted by Gasteiger charge is -2.22. The Kier molecular flexibility index (Phi) is 5.90. The minimum absolute atomic E-state index is 0.152. The summed E-state index contributed by atoms with van der Waals surface area (Å²) in [6.07, 6.45) is 1.61. The van der Waals surface area contributed by atoms with E-state index in [4.69, 9.17) is 28.3 Å². The quantitative estimate of drug-likeness (QED) is 0.571. The lowest BCUT2D eigenvalue weighted by molar-refractivity contribution is -0.137. The van der Waals surface area contributed by atoms with Crippen LogP contribution in [0.3, 0.4) is 0 Å². The summed E-state index contributed by atoms with van der Waals surface area (Å²) < 4.78 is 0. The highest BCUT2D eigenvalue weighted by molar-refractivity contribution is 6.40. The van der Waals surface area contributed by atoms with Crippen LogP contribution in [0.4, 0.5) is 16.2 Å². The fourth-order valence-corrected chi connectivity index (χ4v) is 4.34. The number of carboxylic acids is 1. The fraction of sp³-hybridized carbons (Fsp3) is 0.182. The molecule has 2 aromatic carbocycles. The molecule has 0 spiro atoms. The van der Waals surface area contributed by atoms with Crippen LogP contribution in [0.5, 0.6) is 0 Å². The molecule has 8 nitrogen and oxygen atoms in total. The maximum absolute atomic E-state index is 12.9. The van der Waals surface area contributed by atoms with Gasteiger partial charge in [-0.3, -0.25) is 19.5 Å². The molecule has 3 amide bonds. The van der Waals surface area contributed by atoms with E-state index in [1.165, 1.54) is 4.90 Å². The van der Waals surface area contributed by atoms with Crippen LogP contribution in [0.15, 0.2) is 42.6 Å². The van der Waals surface area contributed by atoms with Gasteiger partial charge < -0.3 is 15.3 Å². The van der Waals surface area contributed by atoms with Gasteiger partial charge in [-0.25, -0.2) is 4.79 Å². The van der Waals surface area contributed by atoms with E-state index < -0.39 is 11.9 Å². The van der Waals surface area contributed by atoms with Gasteiger partial charge in [-0.15, -0.1) is 0 Å². The summed E-state index contributed by atoms with van der Waals surface area (Å²) in [5, 5.41) is 12.9. The van der Waals surface area contributed by atoms with Gasteiger partial charge >= 0.3 is 12.0 Å². The molecule has 1 aliphatic heterocycles. The highest BCUT2D eigenvalue weighted by atomic mass is 35.5. The van der Waals surface area contributed by atoms with Crippen LogP contribution in [0.1, 0.15) is 15.9 Å². The molecule has 0 radical (unpaired) electrons. The molecular weight excluding hydrogens is 455 g/mol. The van der Waals surface area contributed by atoms with Crippen molar-refractivity contribution >= 4 is 63.4 Å². The van der Waals surface area contributed by atoms with Crippen LogP contribution >= 0.6 is 23.2 Å². The molecule has 0 aliphatic carbocycles. The van der Waals surface area contributed by atoms with Crippen molar-refractivity contribution < 1.29 is 19.5 Å². The number of aromatic nitrogens is 1. The maximum Gasteiger partial charge on any atom is 0.325 e. The predicted molar refractivity (Wildman–Crippen MR) is 123 cm³/mol. The molecular formula is C22H18Cl2N4O4. The standard InChI is InChI=1S/C22H18Cl2N4O4/c1-12-10-25-19-13(20(12)28-9-8-27(22(28)32)11-17(29)30)4-2-7-16(19)26-21(31)18-14(23)5-3-6-15(18)24/h2-7,10H,8-9,11H2,1H3,(H,26,31)(H,29,30). The first-order valence-corrected chi connectivity index (χ1v) is 10.5. The first-order valence-electron chi connectivity index (χ1n) is 9.70. The summed E-state index contributed by atoms with van der Waals surface area (Å²) in [4.78, 5) is 44.0. The smallest absolute Gasteiger partial charge is 0.325 e. The van der Waals surface area contributed by atoms with Crippen molar-refractivity contribution in [1.29, 1.82) is 0 Å². The van der Waals surface area contributed by atoms with Crippen molar-refractivity contribution in [2.24, 2.45) is 0 Å². The molecule has 32 heavy (non-hydrogen) atoms. The molecule has 1 aromatic heterocycles. The molecule has 1 aliphatic rings. The highest BCUT2D eigenvalue weighted by Gasteiger charge is 2.33. The number of hydrogen-bond donors (Lipinski definition) is 2. The van der Waals surface area contributed by atoms with Crippen LogP contribution in [-0.2, 0) is 4.79 Å².